The molecule has 0 saturated heterocycles. The molecule has 0 bridgehead atoms. The zero-order valence-electron chi connectivity index (χ0n) is 16.1. The molecule has 1 amide bonds. The van der Waals surface area contributed by atoms with Crippen LogP contribution in [0.4, 0.5) is 5.69 Å². The molecule has 3 aromatic rings. The molecule has 28 heavy (non-hydrogen) atoms. The van der Waals surface area contributed by atoms with E-state index >= 15 is 0 Å². The van der Waals surface area contributed by atoms with Gasteiger partial charge in [-0.05, 0) is 67.4 Å². The van der Waals surface area contributed by atoms with Crippen LogP contribution in [0.1, 0.15) is 37.8 Å². The van der Waals surface area contributed by atoms with Crippen LogP contribution < -0.4 is 10.6 Å². The SMILES string of the molecule is CCCC(=O)NC(=S)Nc1cc(C)c(O)c(-c2nc3cc(CC)ccc3o2)c1. The molecule has 2 aromatic carbocycles. The van der Waals surface area contributed by atoms with Crippen LogP contribution in [0.25, 0.3) is 22.6 Å². The van der Waals surface area contributed by atoms with Gasteiger partial charge in [0, 0.05) is 12.1 Å². The van der Waals surface area contributed by atoms with Crippen molar-refractivity contribution < 1.29 is 14.3 Å². The number of hydrogen-bond acceptors (Lipinski definition) is 5. The van der Waals surface area contributed by atoms with E-state index in [0.29, 0.717) is 34.7 Å². The number of carbonyl (C=O) groups is 1. The van der Waals surface area contributed by atoms with Crippen molar-refractivity contribution in [3.8, 4) is 17.2 Å². The summed E-state index contributed by atoms with van der Waals surface area (Å²) in [5, 5.41) is 16.3. The van der Waals surface area contributed by atoms with E-state index in [1.165, 1.54) is 0 Å². The number of phenols is 1. The molecular weight excluding hydrogens is 374 g/mol. The Balaban J connectivity index is 1.91. The van der Waals surface area contributed by atoms with Crippen LogP contribution in [-0.2, 0) is 11.2 Å². The fourth-order valence-electron chi connectivity index (χ4n) is 2.90. The second-order valence-corrected chi connectivity index (χ2v) is 7.02. The third kappa shape index (κ3) is 4.31. The Morgan fingerprint density at radius 2 is 2.04 bits per heavy atom. The fourth-order valence-corrected chi connectivity index (χ4v) is 3.13. The number of rotatable bonds is 5. The Morgan fingerprint density at radius 3 is 2.75 bits per heavy atom. The lowest BCUT2D eigenvalue weighted by Crippen LogP contribution is -2.33. The zero-order valence-corrected chi connectivity index (χ0v) is 16.9. The monoisotopic (exact) mass is 397 g/mol. The van der Waals surface area contributed by atoms with Gasteiger partial charge in [-0.3, -0.25) is 4.79 Å². The Bertz CT molecular complexity index is 1040. The number of thiocarbonyl (C=S) groups is 1. The molecule has 0 unspecified atom stereocenters. The molecule has 3 rings (SSSR count). The summed E-state index contributed by atoms with van der Waals surface area (Å²) >= 11 is 5.20. The summed E-state index contributed by atoms with van der Waals surface area (Å²) in [6.07, 6.45) is 2.06. The number of fused-ring (bicyclic) bond motifs is 1. The van der Waals surface area contributed by atoms with Gasteiger partial charge < -0.3 is 20.2 Å². The molecule has 146 valence electrons. The molecule has 0 aliphatic heterocycles. The lowest BCUT2D eigenvalue weighted by molar-refractivity contribution is -0.119. The number of carbonyl (C=O) groups excluding carboxylic acids is 1. The summed E-state index contributed by atoms with van der Waals surface area (Å²) in [6.45, 7) is 5.78. The molecule has 1 aromatic heterocycles. The Labute approximate surface area is 169 Å². The van der Waals surface area contributed by atoms with Crippen LogP contribution in [0.15, 0.2) is 34.7 Å². The van der Waals surface area contributed by atoms with Crippen LogP contribution in [0.5, 0.6) is 5.75 Å². The van der Waals surface area contributed by atoms with Crippen LogP contribution in [-0.4, -0.2) is 21.1 Å². The minimum Gasteiger partial charge on any atom is -0.507 e. The molecule has 0 saturated carbocycles. The molecule has 0 spiro atoms. The van der Waals surface area contributed by atoms with Gasteiger partial charge in [0.25, 0.3) is 0 Å². The van der Waals surface area contributed by atoms with Crippen LogP contribution in [0.2, 0.25) is 0 Å². The van der Waals surface area contributed by atoms with Crippen molar-refractivity contribution in [3.63, 3.8) is 0 Å². The van der Waals surface area contributed by atoms with Crippen molar-refractivity contribution in [2.45, 2.75) is 40.0 Å². The van der Waals surface area contributed by atoms with Gasteiger partial charge in [-0.2, -0.15) is 0 Å². The quantitative estimate of drug-likeness (QED) is 0.428. The molecule has 0 atom stereocenters. The van der Waals surface area contributed by atoms with E-state index in [1.54, 1.807) is 19.1 Å². The maximum absolute atomic E-state index is 11.7. The average Bonchev–Trinajstić information content (AvgIpc) is 3.07. The second kappa shape index (κ2) is 8.39. The largest absolute Gasteiger partial charge is 0.507 e. The maximum atomic E-state index is 11.7. The number of oxazole rings is 1. The molecule has 0 fully saturated rings. The molecule has 3 N–H and O–H groups in total. The molecular formula is C21H23N3O3S. The Kier molecular flexibility index (Phi) is 5.94. The summed E-state index contributed by atoms with van der Waals surface area (Å²) in [7, 11) is 0. The van der Waals surface area contributed by atoms with Crippen molar-refractivity contribution >= 4 is 40.0 Å². The van der Waals surface area contributed by atoms with Crippen LogP contribution in [0, 0.1) is 6.92 Å². The lowest BCUT2D eigenvalue weighted by atomic mass is 10.1. The van der Waals surface area contributed by atoms with Gasteiger partial charge in [0.2, 0.25) is 11.8 Å². The van der Waals surface area contributed by atoms with Crippen molar-refractivity contribution in [1.82, 2.24) is 10.3 Å². The highest BCUT2D eigenvalue weighted by molar-refractivity contribution is 7.80. The standard InChI is InChI=1S/C21H23N3O3S/c1-4-6-18(25)24-21(28)22-14-9-12(3)19(26)15(11-14)20-23-16-10-13(5-2)7-8-17(16)27-20/h7-11,26H,4-6H2,1-3H3,(H2,22,24,25,28). The van der Waals surface area contributed by atoms with Gasteiger partial charge in [0.1, 0.15) is 11.3 Å². The third-order valence-corrected chi connectivity index (χ3v) is 4.58. The molecule has 0 aliphatic carbocycles. The smallest absolute Gasteiger partial charge is 0.231 e. The average molecular weight is 398 g/mol. The number of aromatic hydroxyl groups is 1. The van der Waals surface area contributed by atoms with Crippen molar-refractivity contribution in [1.29, 1.82) is 0 Å². The molecule has 1 heterocycles. The summed E-state index contributed by atoms with van der Waals surface area (Å²) in [4.78, 5) is 16.2. The predicted molar refractivity (Wildman–Crippen MR) is 114 cm³/mol. The van der Waals surface area contributed by atoms with E-state index in [0.717, 1.165) is 23.9 Å². The number of phenolic OH excluding ortho intramolecular Hbond substituents is 1. The maximum Gasteiger partial charge on any atom is 0.231 e. The lowest BCUT2D eigenvalue weighted by Gasteiger charge is -2.12. The van der Waals surface area contributed by atoms with Gasteiger partial charge in [-0.1, -0.05) is 19.9 Å². The summed E-state index contributed by atoms with van der Waals surface area (Å²) in [5.41, 5.74) is 4.29. The first-order chi connectivity index (χ1) is 13.4. The van der Waals surface area contributed by atoms with E-state index in [9.17, 15) is 9.90 Å². The number of amides is 1. The summed E-state index contributed by atoms with van der Waals surface area (Å²) < 4.78 is 5.84. The molecule has 6 nitrogen and oxygen atoms in total. The Morgan fingerprint density at radius 1 is 1.25 bits per heavy atom. The highest BCUT2D eigenvalue weighted by Gasteiger charge is 2.16. The first-order valence-corrected chi connectivity index (χ1v) is 9.66. The number of nitrogens with one attached hydrogen (secondary N) is 2. The van der Waals surface area contributed by atoms with Crippen molar-refractivity contribution in [2.24, 2.45) is 0 Å². The van der Waals surface area contributed by atoms with Gasteiger partial charge >= 0.3 is 0 Å². The highest BCUT2D eigenvalue weighted by Crippen LogP contribution is 2.36. The predicted octanol–water partition coefficient (Wildman–Crippen LogP) is 4.68. The highest BCUT2D eigenvalue weighted by atomic mass is 32.1. The summed E-state index contributed by atoms with van der Waals surface area (Å²) in [5.74, 6) is 0.281. The second-order valence-electron chi connectivity index (χ2n) is 6.62. The number of anilines is 1. The first kappa shape index (κ1) is 19.8. The van der Waals surface area contributed by atoms with E-state index in [2.05, 4.69) is 22.5 Å². The third-order valence-electron chi connectivity index (χ3n) is 4.38. The molecule has 7 heteroatoms. The number of nitrogens with zero attached hydrogens (tertiary/aromatic N) is 1. The van der Waals surface area contributed by atoms with E-state index in [4.69, 9.17) is 16.6 Å². The van der Waals surface area contributed by atoms with Crippen LogP contribution >= 0.6 is 12.2 Å². The number of benzene rings is 2. The van der Waals surface area contributed by atoms with E-state index in [-0.39, 0.29) is 16.8 Å². The minimum atomic E-state index is -0.138. The van der Waals surface area contributed by atoms with Gasteiger partial charge in [-0.25, -0.2) is 4.98 Å². The number of hydrogen-bond donors (Lipinski definition) is 3. The van der Waals surface area contributed by atoms with Crippen LogP contribution in [0.3, 0.4) is 0 Å². The normalized spacial score (nSPS) is 10.8. The van der Waals surface area contributed by atoms with Crippen molar-refractivity contribution in [3.05, 3.63) is 41.5 Å². The topological polar surface area (TPSA) is 87.4 Å². The zero-order chi connectivity index (χ0) is 20.3. The van der Waals surface area contributed by atoms with E-state index < -0.39 is 0 Å². The number of aryl methyl sites for hydroxylation is 2. The number of aromatic nitrogens is 1. The first-order valence-electron chi connectivity index (χ1n) is 9.25. The fraction of sp³-hybridized carbons (Fsp3) is 0.286. The van der Waals surface area contributed by atoms with Gasteiger partial charge in [-0.15, -0.1) is 0 Å². The van der Waals surface area contributed by atoms with E-state index in [1.807, 2.05) is 25.1 Å². The van der Waals surface area contributed by atoms with Gasteiger partial charge in [0.05, 0.1) is 5.56 Å². The minimum absolute atomic E-state index is 0.0914. The Hall–Kier alpha value is -2.93. The molecule has 0 aliphatic rings. The molecule has 0 radical (unpaired) electrons. The van der Waals surface area contributed by atoms with Crippen molar-refractivity contribution in [2.75, 3.05) is 5.32 Å². The summed E-state index contributed by atoms with van der Waals surface area (Å²) in [6, 6.07) is 9.31. The van der Waals surface area contributed by atoms with Gasteiger partial charge in [0.15, 0.2) is 10.7 Å².